The van der Waals surface area contributed by atoms with Crippen LogP contribution in [-0.4, -0.2) is 17.6 Å². The predicted molar refractivity (Wildman–Crippen MR) is 81.6 cm³/mol. The molecule has 2 unspecified atom stereocenters. The van der Waals surface area contributed by atoms with Crippen molar-refractivity contribution in [2.75, 3.05) is 0 Å². The third kappa shape index (κ3) is 5.01. The number of benzene rings is 1. The fourth-order valence-electron chi connectivity index (χ4n) is 1.75. The Morgan fingerprint density at radius 2 is 2.05 bits per heavy atom. The molecule has 2 atom stereocenters. The van der Waals surface area contributed by atoms with E-state index in [0.717, 1.165) is 6.42 Å². The predicted octanol–water partition coefficient (Wildman–Crippen LogP) is 2.92. The Kier molecular flexibility index (Phi) is 5.72. The van der Waals surface area contributed by atoms with Crippen LogP contribution in [-0.2, 0) is 4.79 Å². The van der Waals surface area contributed by atoms with E-state index in [4.69, 9.17) is 10.5 Å². The summed E-state index contributed by atoms with van der Waals surface area (Å²) in [6.45, 7) is 9.29. The lowest BCUT2D eigenvalue weighted by Crippen LogP contribution is -2.48. The van der Waals surface area contributed by atoms with E-state index in [1.165, 1.54) is 12.1 Å². The van der Waals surface area contributed by atoms with Gasteiger partial charge in [0.25, 0.3) is 5.91 Å². The van der Waals surface area contributed by atoms with Crippen LogP contribution in [0, 0.1) is 5.82 Å². The number of hydrogen-bond donors (Lipinski definition) is 2. The number of ether oxygens (including phenoxy) is 1. The van der Waals surface area contributed by atoms with Crippen molar-refractivity contribution in [3.8, 4) is 5.75 Å². The highest BCUT2D eigenvalue weighted by atomic mass is 19.1. The molecule has 1 amide bonds. The Morgan fingerprint density at radius 1 is 1.43 bits per heavy atom. The molecule has 118 valence electrons. The summed E-state index contributed by atoms with van der Waals surface area (Å²) in [5.41, 5.74) is 6.20. The van der Waals surface area contributed by atoms with Gasteiger partial charge in [0.2, 0.25) is 0 Å². The van der Waals surface area contributed by atoms with Crippen LogP contribution in [0.15, 0.2) is 18.2 Å². The first-order valence-electron chi connectivity index (χ1n) is 7.20. The van der Waals surface area contributed by atoms with Crippen molar-refractivity contribution in [1.29, 1.82) is 0 Å². The Morgan fingerprint density at radius 3 is 2.57 bits per heavy atom. The Hall–Kier alpha value is -1.62. The van der Waals surface area contributed by atoms with Gasteiger partial charge in [-0.15, -0.1) is 0 Å². The highest BCUT2D eigenvalue weighted by Crippen LogP contribution is 2.26. The number of nitrogens with two attached hydrogens (primary N) is 1. The van der Waals surface area contributed by atoms with Crippen molar-refractivity contribution >= 4 is 5.91 Å². The number of amides is 1. The Labute approximate surface area is 125 Å². The van der Waals surface area contributed by atoms with Crippen LogP contribution in [0.4, 0.5) is 4.39 Å². The molecule has 0 aliphatic carbocycles. The van der Waals surface area contributed by atoms with Crippen molar-refractivity contribution in [3.05, 3.63) is 29.6 Å². The van der Waals surface area contributed by atoms with E-state index < -0.39 is 11.9 Å². The topological polar surface area (TPSA) is 64.3 Å². The molecule has 0 spiro atoms. The second kappa shape index (κ2) is 6.89. The molecular formula is C16H25FN2O2. The second-order valence-electron chi connectivity index (χ2n) is 5.96. The number of carbonyl (C=O) groups excluding carboxylic acids is 1. The smallest absolute Gasteiger partial charge is 0.261 e. The van der Waals surface area contributed by atoms with Gasteiger partial charge in [-0.3, -0.25) is 4.79 Å². The van der Waals surface area contributed by atoms with Gasteiger partial charge in [-0.25, -0.2) is 4.39 Å². The van der Waals surface area contributed by atoms with Gasteiger partial charge >= 0.3 is 0 Å². The van der Waals surface area contributed by atoms with E-state index in [-0.39, 0.29) is 17.5 Å². The third-order valence-corrected chi connectivity index (χ3v) is 3.48. The van der Waals surface area contributed by atoms with Crippen molar-refractivity contribution in [3.63, 3.8) is 0 Å². The summed E-state index contributed by atoms with van der Waals surface area (Å²) in [5, 5.41) is 2.90. The number of hydrogen-bond acceptors (Lipinski definition) is 3. The quantitative estimate of drug-likeness (QED) is 0.848. The van der Waals surface area contributed by atoms with Gasteiger partial charge in [-0.05, 0) is 40.2 Å². The normalized spacial score (nSPS) is 14.4. The lowest BCUT2D eigenvalue weighted by molar-refractivity contribution is -0.129. The molecule has 1 aromatic carbocycles. The van der Waals surface area contributed by atoms with E-state index in [2.05, 4.69) is 5.32 Å². The molecule has 4 nitrogen and oxygen atoms in total. The molecule has 0 fully saturated rings. The van der Waals surface area contributed by atoms with Crippen LogP contribution in [0.3, 0.4) is 0 Å². The number of carbonyl (C=O) groups is 1. The minimum Gasteiger partial charge on any atom is -0.480 e. The van der Waals surface area contributed by atoms with Crippen LogP contribution in [0.2, 0.25) is 0 Å². The fourth-order valence-corrected chi connectivity index (χ4v) is 1.75. The summed E-state index contributed by atoms with van der Waals surface area (Å²) in [6, 6.07) is 3.86. The molecule has 0 heterocycles. The Balaban J connectivity index is 2.85. The second-order valence-corrected chi connectivity index (χ2v) is 5.96. The number of halogens is 1. The van der Waals surface area contributed by atoms with Gasteiger partial charge in [0.15, 0.2) is 6.10 Å². The molecule has 0 aromatic heterocycles. The maximum atomic E-state index is 13.4. The maximum absolute atomic E-state index is 13.4. The lowest BCUT2D eigenvalue weighted by Gasteiger charge is -2.27. The lowest BCUT2D eigenvalue weighted by atomic mass is 10.0. The number of rotatable bonds is 6. The van der Waals surface area contributed by atoms with Crippen molar-refractivity contribution in [2.45, 2.75) is 58.7 Å². The third-order valence-electron chi connectivity index (χ3n) is 3.48. The summed E-state index contributed by atoms with van der Waals surface area (Å²) in [6.07, 6.45) is 0.0754. The molecule has 21 heavy (non-hydrogen) atoms. The zero-order valence-electron chi connectivity index (χ0n) is 13.4. The van der Waals surface area contributed by atoms with Crippen LogP contribution in [0.5, 0.6) is 5.75 Å². The van der Waals surface area contributed by atoms with E-state index >= 15 is 0 Å². The summed E-state index contributed by atoms with van der Waals surface area (Å²) < 4.78 is 19.0. The van der Waals surface area contributed by atoms with E-state index in [0.29, 0.717) is 11.3 Å². The van der Waals surface area contributed by atoms with Crippen molar-refractivity contribution in [2.24, 2.45) is 5.73 Å². The van der Waals surface area contributed by atoms with Crippen molar-refractivity contribution in [1.82, 2.24) is 5.32 Å². The van der Waals surface area contributed by atoms with Crippen molar-refractivity contribution < 1.29 is 13.9 Å². The van der Waals surface area contributed by atoms with Gasteiger partial charge in [-0.2, -0.15) is 0 Å². The molecule has 1 rings (SSSR count). The van der Waals surface area contributed by atoms with E-state index in [1.54, 1.807) is 19.9 Å². The highest BCUT2D eigenvalue weighted by Gasteiger charge is 2.24. The first-order chi connectivity index (χ1) is 9.66. The maximum Gasteiger partial charge on any atom is 0.261 e. The standard InChI is InChI=1S/C16H25FN2O2/c1-6-16(4,5)19-15(20)11(3)21-14-9-12(17)7-8-13(14)10(2)18/h7-11H,6,18H2,1-5H3,(H,19,20). The molecule has 1 aromatic rings. The molecule has 3 N–H and O–H groups in total. The van der Waals surface area contributed by atoms with Crippen LogP contribution < -0.4 is 15.8 Å². The molecule has 0 bridgehead atoms. The minimum atomic E-state index is -0.727. The monoisotopic (exact) mass is 296 g/mol. The van der Waals surface area contributed by atoms with E-state index in [1.807, 2.05) is 20.8 Å². The molecule has 0 radical (unpaired) electrons. The largest absolute Gasteiger partial charge is 0.480 e. The summed E-state index contributed by atoms with van der Waals surface area (Å²) in [4.78, 5) is 12.1. The molecule has 0 saturated carbocycles. The molecule has 5 heteroatoms. The van der Waals surface area contributed by atoms with E-state index in [9.17, 15) is 9.18 Å². The van der Waals surface area contributed by atoms with Gasteiger partial charge < -0.3 is 15.8 Å². The number of nitrogens with one attached hydrogen (secondary N) is 1. The van der Waals surface area contributed by atoms with Crippen LogP contribution in [0.1, 0.15) is 52.6 Å². The van der Waals surface area contributed by atoms with Gasteiger partial charge in [0.1, 0.15) is 11.6 Å². The van der Waals surface area contributed by atoms with Gasteiger partial charge in [-0.1, -0.05) is 13.0 Å². The highest BCUT2D eigenvalue weighted by molar-refractivity contribution is 5.81. The minimum absolute atomic E-state index is 0.235. The van der Waals surface area contributed by atoms with Gasteiger partial charge in [0, 0.05) is 23.2 Å². The molecule has 0 aliphatic rings. The summed E-state index contributed by atoms with van der Waals surface area (Å²) >= 11 is 0. The van der Waals surface area contributed by atoms with Gasteiger partial charge in [0.05, 0.1) is 0 Å². The summed E-state index contributed by atoms with van der Waals surface area (Å²) in [5.74, 6) is -0.348. The SMILES string of the molecule is CCC(C)(C)NC(=O)C(C)Oc1cc(F)ccc1C(C)N. The average molecular weight is 296 g/mol. The first-order valence-corrected chi connectivity index (χ1v) is 7.20. The zero-order chi connectivity index (χ0) is 16.2. The average Bonchev–Trinajstić information content (AvgIpc) is 2.37. The molecular weight excluding hydrogens is 271 g/mol. The molecule has 0 saturated heterocycles. The van der Waals surface area contributed by atoms with Crippen LogP contribution in [0.25, 0.3) is 0 Å². The fraction of sp³-hybridized carbons (Fsp3) is 0.562. The summed E-state index contributed by atoms with van der Waals surface area (Å²) in [7, 11) is 0. The van der Waals surface area contributed by atoms with Crippen LogP contribution >= 0.6 is 0 Å². The first kappa shape index (κ1) is 17.4. The zero-order valence-corrected chi connectivity index (χ0v) is 13.4. The molecule has 0 aliphatic heterocycles. The Bertz CT molecular complexity index is 501.